The lowest BCUT2D eigenvalue weighted by Gasteiger charge is -2.15. The van der Waals surface area contributed by atoms with Gasteiger partial charge < -0.3 is 4.90 Å². The first-order valence-corrected chi connectivity index (χ1v) is 5.62. The Kier molecular flexibility index (Phi) is 2.63. The molecule has 2 aromatic rings. The SMILES string of the molecule is CN(C)c1cccc2cc(I)ccc12. The van der Waals surface area contributed by atoms with Crippen LogP contribution in [0.2, 0.25) is 0 Å². The summed E-state index contributed by atoms with van der Waals surface area (Å²) in [7, 11) is 4.15. The van der Waals surface area contributed by atoms with E-state index in [9.17, 15) is 0 Å². The van der Waals surface area contributed by atoms with E-state index in [2.05, 4.69) is 78.0 Å². The molecule has 0 unspecified atom stereocenters. The largest absolute Gasteiger partial charge is 0.377 e. The maximum Gasteiger partial charge on any atom is 0.0440 e. The van der Waals surface area contributed by atoms with Crippen LogP contribution in [0.5, 0.6) is 0 Å². The predicted molar refractivity (Wildman–Crippen MR) is 71.0 cm³/mol. The molecule has 0 heterocycles. The van der Waals surface area contributed by atoms with E-state index >= 15 is 0 Å². The lowest BCUT2D eigenvalue weighted by atomic mass is 10.1. The van der Waals surface area contributed by atoms with Gasteiger partial charge in [0.05, 0.1) is 0 Å². The zero-order valence-electron chi connectivity index (χ0n) is 8.29. The van der Waals surface area contributed by atoms with Gasteiger partial charge in [0.1, 0.15) is 0 Å². The van der Waals surface area contributed by atoms with Crippen molar-refractivity contribution < 1.29 is 0 Å². The quantitative estimate of drug-likeness (QED) is 0.728. The molecule has 2 aromatic carbocycles. The van der Waals surface area contributed by atoms with E-state index in [4.69, 9.17) is 0 Å². The minimum atomic E-state index is 1.28. The maximum atomic E-state index is 2.34. The second-order valence-electron chi connectivity index (χ2n) is 3.54. The third-order valence-corrected chi connectivity index (χ3v) is 2.97. The molecule has 0 saturated heterocycles. The molecule has 2 rings (SSSR count). The minimum Gasteiger partial charge on any atom is -0.377 e. The summed E-state index contributed by atoms with van der Waals surface area (Å²) in [4.78, 5) is 2.15. The molecule has 0 atom stereocenters. The molecule has 0 aromatic heterocycles. The summed E-state index contributed by atoms with van der Waals surface area (Å²) in [5, 5.41) is 2.63. The van der Waals surface area contributed by atoms with Crippen molar-refractivity contribution >= 4 is 39.1 Å². The first-order chi connectivity index (χ1) is 6.68. The molecule has 0 saturated carbocycles. The fraction of sp³-hybridized carbons (Fsp3) is 0.167. The smallest absolute Gasteiger partial charge is 0.0440 e. The molecule has 1 nitrogen and oxygen atoms in total. The number of benzene rings is 2. The number of fused-ring (bicyclic) bond motifs is 1. The Labute approximate surface area is 97.9 Å². The summed E-state index contributed by atoms with van der Waals surface area (Å²) in [5.74, 6) is 0. The zero-order chi connectivity index (χ0) is 10.1. The van der Waals surface area contributed by atoms with E-state index in [1.165, 1.54) is 20.0 Å². The van der Waals surface area contributed by atoms with E-state index in [1.807, 2.05) is 0 Å². The van der Waals surface area contributed by atoms with Gasteiger partial charge in [0, 0.05) is 28.7 Å². The number of nitrogens with zero attached hydrogens (tertiary/aromatic N) is 1. The van der Waals surface area contributed by atoms with E-state index in [-0.39, 0.29) is 0 Å². The van der Waals surface area contributed by atoms with Crippen molar-refractivity contribution in [2.24, 2.45) is 0 Å². The van der Waals surface area contributed by atoms with Crippen LogP contribution in [-0.2, 0) is 0 Å². The Balaban J connectivity index is 2.75. The number of rotatable bonds is 1. The van der Waals surface area contributed by atoms with Crippen LogP contribution in [0.25, 0.3) is 10.8 Å². The van der Waals surface area contributed by atoms with E-state index in [0.29, 0.717) is 0 Å². The number of anilines is 1. The van der Waals surface area contributed by atoms with Gasteiger partial charge in [-0.1, -0.05) is 18.2 Å². The van der Waals surface area contributed by atoms with Gasteiger partial charge >= 0.3 is 0 Å². The number of hydrogen-bond acceptors (Lipinski definition) is 1. The molecule has 0 aliphatic rings. The summed E-state index contributed by atoms with van der Waals surface area (Å²) in [5.41, 5.74) is 1.28. The van der Waals surface area contributed by atoms with Crippen LogP contribution in [-0.4, -0.2) is 14.1 Å². The van der Waals surface area contributed by atoms with Crippen molar-refractivity contribution in [1.82, 2.24) is 0 Å². The highest BCUT2D eigenvalue weighted by Crippen LogP contribution is 2.26. The first kappa shape index (κ1) is 9.77. The zero-order valence-corrected chi connectivity index (χ0v) is 10.4. The maximum absolute atomic E-state index is 2.34. The second kappa shape index (κ2) is 3.77. The normalized spacial score (nSPS) is 10.5. The summed E-state index contributed by atoms with van der Waals surface area (Å²) in [6.45, 7) is 0. The van der Waals surface area contributed by atoms with Crippen molar-refractivity contribution in [3.05, 3.63) is 40.0 Å². The summed E-state index contributed by atoms with van der Waals surface area (Å²) < 4.78 is 1.28. The lowest BCUT2D eigenvalue weighted by Crippen LogP contribution is -2.08. The molecule has 0 aliphatic carbocycles. The van der Waals surface area contributed by atoms with Crippen LogP contribution in [0.15, 0.2) is 36.4 Å². The first-order valence-electron chi connectivity index (χ1n) is 4.54. The van der Waals surface area contributed by atoms with Gasteiger partial charge in [-0.2, -0.15) is 0 Å². The van der Waals surface area contributed by atoms with Gasteiger partial charge in [-0.15, -0.1) is 0 Å². The molecule has 0 amide bonds. The minimum absolute atomic E-state index is 1.28. The van der Waals surface area contributed by atoms with Crippen LogP contribution in [0.4, 0.5) is 5.69 Å². The highest BCUT2D eigenvalue weighted by molar-refractivity contribution is 14.1. The molecule has 0 aliphatic heterocycles. The van der Waals surface area contributed by atoms with Gasteiger partial charge in [-0.25, -0.2) is 0 Å². The van der Waals surface area contributed by atoms with Gasteiger partial charge in [0.2, 0.25) is 0 Å². The molecular formula is C12H12IN. The van der Waals surface area contributed by atoms with E-state index in [0.717, 1.165) is 0 Å². The molecule has 2 heteroatoms. The highest BCUT2D eigenvalue weighted by atomic mass is 127. The average molecular weight is 297 g/mol. The van der Waals surface area contributed by atoms with Crippen LogP contribution in [0.1, 0.15) is 0 Å². The Morgan fingerprint density at radius 1 is 1.07 bits per heavy atom. The molecule has 0 fully saturated rings. The molecule has 72 valence electrons. The van der Waals surface area contributed by atoms with Gasteiger partial charge in [-0.05, 0) is 46.2 Å². The summed E-state index contributed by atoms with van der Waals surface area (Å²) in [6.07, 6.45) is 0. The van der Waals surface area contributed by atoms with Crippen LogP contribution >= 0.6 is 22.6 Å². The molecule has 14 heavy (non-hydrogen) atoms. The fourth-order valence-electron chi connectivity index (χ4n) is 1.63. The molecule has 0 radical (unpaired) electrons. The third-order valence-electron chi connectivity index (χ3n) is 2.30. The standard InChI is InChI=1S/C12H12IN/c1-14(2)12-5-3-4-9-8-10(13)6-7-11(9)12/h3-8H,1-2H3. The van der Waals surface area contributed by atoms with Crippen LogP contribution < -0.4 is 4.90 Å². The van der Waals surface area contributed by atoms with E-state index < -0.39 is 0 Å². The van der Waals surface area contributed by atoms with Gasteiger partial charge in [0.15, 0.2) is 0 Å². The monoisotopic (exact) mass is 297 g/mol. The Morgan fingerprint density at radius 3 is 2.57 bits per heavy atom. The molecule has 0 bridgehead atoms. The van der Waals surface area contributed by atoms with Crippen molar-refractivity contribution in [2.75, 3.05) is 19.0 Å². The Bertz CT molecular complexity index is 463. The van der Waals surface area contributed by atoms with Gasteiger partial charge in [0.25, 0.3) is 0 Å². The fourth-order valence-corrected chi connectivity index (χ4v) is 2.14. The van der Waals surface area contributed by atoms with Crippen molar-refractivity contribution in [1.29, 1.82) is 0 Å². The Hall–Kier alpha value is -0.770. The van der Waals surface area contributed by atoms with Crippen LogP contribution in [0, 0.1) is 3.57 Å². The predicted octanol–water partition coefficient (Wildman–Crippen LogP) is 3.51. The topological polar surface area (TPSA) is 3.24 Å². The average Bonchev–Trinajstić information content (AvgIpc) is 2.16. The summed E-state index contributed by atoms with van der Waals surface area (Å²) in [6, 6.07) is 13.0. The van der Waals surface area contributed by atoms with Crippen molar-refractivity contribution in [3.63, 3.8) is 0 Å². The molecular weight excluding hydrogens is 285 g/mol. The van der Waals surface area contributed by atoms with Crippen LogP contribution in [0.3, 0.4) is 0 Å². The number of halogens is 1. The van der Waals surface area contributed by atoms with Crippen molar-refractivity contribution in [3.8, 4) is 0 Å². The third kappa shape index (κ3) is 1.71. The molecule has 0 spiro atoms. The number of hydrogen-bond donors (Lipinski definition) is 0. The second-order valence-corrected chi connectivity index (χ2v) is 4.78. The summed E-state index contributed by atoms with van der Waals surface area (Å²) >= 11 is 2.34. The van der Waals surface area contributed by atoms with Crippen molar-refractivity contribution in [2.45, 2.75) is 0 Å². The van der Waals surface area contributed by atoms with E-state index in [1.54, 1.807) is 0 Å². The lowest BCUT2D eigenvalue weighted by molar-refractivity contribution is 1.14. The van der Waals surface area contributed by atoms with Gasteiger partial charge in [-0.3, -0.25) is 0 Å². The molecule has 0 N–H and O–H groups in total. The Morgan fingerprint density at radius 2 is 1.86 bits per heavy atom. The highest BCUT2D eigenvalue weighted by Gasteiger charge is 2.01.